The summed E-state index contributed by atoms with van der Waals surface area (Å²) in [4.78, 5) is 23.4. The van der Waals surface area contributed by atoms with E-state index in [4.69, 9.17) is 4.74 Å². The Labute approximate surface area is 136 Å². The molecule has 0 aliphatic rings. The van der Waals surface area contributed by atoms with E-state index in [0.29, 0.717) is 11.3 Å². The maximum Gasteiger partial charge on any atom is 0.265 e. The Morgan fingerprint density at radius 3 is 2.22 bits per heavy atom. The zero-order chi connectivity index (χ0) is 17.0. The van der Waals surface area contributed by atoms with Crippen LogP contribution in [-0.2, 0) is 4.79 Å². The van der Waals surface area contributed by atoms with Crippen LogP contribution >= 0.6 is 0 Å². The molecule has 120 valence electrons. The van der Waals surface area contributed by atoms with Crippen LogP contribution in [0.25, 0.3) is 0 Å². The van der Waals surface area contributed by atoms with Crippen LogP contribution in [0.4, 0.5) is 5.69 Å². The van der Waals surface area contributed by atoms with Gasteiger partial charge in [0.05, 0.1) is 0 Å². The van der Waals surface area contributed by atoms with Crippen molar-refractivity contribution in [1.29, 1.82) is 0 Å². The van der Waals surface area contributed by atoms with E-state index in [1.54, 1.807) is 31.2 Å². The van der Waals surface area contributed by atoms with Gasteiger partial charge in [-0.25, -0.2) is 0 Å². The SMILES string of the molecule is CC(=O)c1ccc(O[C@@H](C)C(=O)Nc2ccc(C)c(C)c2)cc1. The number of carbonyl (C=O) groups is 2. The van der Waals surface area contributed by atoms with Crippen LogP contribution in [0.3, 0.4) is 0 Å². The number of amides is 1. The van der Waals surface area contributed by atoms with Crippen LogP contribution in [0.5, 0.6) is 5.75 Å². The Hall–Kier alpha value is -2.62. The van der Waals surface area contributed by atoms with Crippen molar-refractivity contribution < 1.29 is 14.3 Å². The summed E-state index contributed by atoms with van der Waals surface area (Å²) in [5.74, 6) is 0.332. The molecule has 23 heavy (non-hydrogen) atoms. The van der Waals surface area contributed by atoms with E-state index in [0.717, 1.165) is 11.3 Å². The van der Waals surface area contributed by atoms with Gasteiger partial charge >= 0.3 is 0 Å². The Morgan fingerprint density at radius 1 is 1.00 bits per heavy atom. The molecule has 0 bridgehead atoms. The van der Waals surface area contributed by atoms with E-state index in [2.05, 4.69) is 5.32 Å². The average molecular weight is 311 g/mol. The van der Waals surface area contributed by atoms with E-state index < -0.39 is 6.10 Å². The molecule has 2 rings (SSSR count). The topological polar surface area (TPSA) is 55.4 Å². The van der Waals surface area contributed by atoms with Gasteiger partial charge in [0.2, 0.25) is 0 Å². The number of hydrogen-bond acceptors (Lipinski definition) is 3. The Balaban J connectivity index is 1.99. The second-order valence-electron chi connectivity index (χ2n) is 5.63. The minimum atomic E-state index is -0.639. The van der Waals surface area contributed by atoms with Crippen molar-refractivity contribution >= 4 is 17.4 Å². The van der Waals surface area contributed by atoms with Gasteiger partial charge in [-0.15, -0.1) is 0 Å². The summed E-state index contributed by atoms with van der Waals surface area (Å²) in [5, 5.41) is 2.84. The van der Waals surface area contributed by atoms with Gasteiger partial charge in [0.25, 0.3) is 5.91 Å². The van der Waals surface area contributed by atoms with Gasteiger partial charge in [0.1, 0.15) is 5.75 Å². The molecular weight excluding hydrogens is 290 g/mol. The quantitative estimate of drug-likeness (QED) is 0.852. The van der Waals surface area contributed by atoms with Gasteiger partial charge in [-0.1, -0.05) is 6.07 Å². The minimum Gasteiger partial charge on any atom is -0.481 e. The van der Waals surface area contributed by atoms with Crippen molar-refractivity contribution in [2.75, 3.05) is 5.32 Å². The Bertz CT molecular complexity index is 720. The molecule has 1 amide bonds. The molecule has 0 aliphatic heterocycles. The molecule has 4 nitrogen and oxygen atoms in total. The molecule has 1 atom stereocenters. The van der Waals surface area contributed by atoms with Crippen LogP contribution in [0.15, 0.2) is 42.5 Å². The number of rotatable bonds is 5. The van der Waals surface area contributed by atoms with Gasteiger partial charge in [0, 0.05) is 11.3 Å². The van der Waals surface area contributed by atoms with Crippen molar-refractivity contribution in [3.8, 4) is 5.75 Å². The number of ether oxygens (including phenoxy) is 1. The molecule has 0 aliphatic carbocycles. The van der Waals surface area contributed by atoms with Crippen LogP contribution in [-0.4, -0.2) is 17.8 Å². The molecule has 0 unspecified atom stereocenters. The number of anilines is 1. The van der Waals surface area contributed by atoms with Gasteiger partial charge in [-0.05, 0) is 75.2 Å². The van der Waals surface area contributed by atoms with Crippen molar-refractivity contribution in [2.24, 2.45) is 0 Å². The molecule has 0 saturated carbocycles. The molecule has 0 saturated heterocycles. The van der Waals surface area contributed by atoms with E-state index in [9.17, 15) is 9.59 Å². The van der Waals surface area contributed by atoms with Crippen LogP contribution in [0.2, 0.25) is 0 Å². The fourth-order valence-corrected chi connectivity index (χ4v) is 2.09. The van der Waals surface area contributed by atoms with Crippen LogP contribution in [0, 0.1) is 13.8 Å². The van der Waals surface area contributed by atoms with Crippen molar-refractivity contribution in [2.45, 2.75) is 33.8 Å². The minimum absolute atomic E-state index is 0.00270. The van der Waals surface area contributed by atoms with E-state index >= 15 is 0 Å². The first-order valence-electron chi connectivity index (χ1n) is 7.52. The molecule has 1 N–H and O–H groups in total. The average Bonchev–Trinajstić information content (AvgIpc) is 2.51. The zero-order valence-electron chi connectivity index (χ0n) is 13.8. The predicted molar refractivity (Wildman–Crippen MR) is 91.1 cm³/mol. The number of aryl methyl sites for hydroxylation is 2. The van der Waals surface area contributed by atoms with Crippen LogP contribution < -0.4 is 10.1 Å². The summed E-state index contributed by atoms with van der Waals surface area (Å²) in [7, 11) is 0. The number of hydrogen-bond donors (Lipinski definition) is 1. The van der Waals surface area contributed by atoms with Crippen molar-refractivity contribution in [3.05, 3.63) is 59.2 Å². The van der Waals surface area contributed by atoms with Crippen molar-refractivity contribution in [1.82, 2.24) is 0 Å². The van der Waals surface area contributed by atoms with E-state index in [1.165, 1.54) is 12.5 Å². The standard InChI is InChI=1S/C19H21NO3/c1-12-5-8-17(11-13(12)2)20-19(22)15(4)23-18-9-6-16(7-10-18)14(3)21/h5-11,15H,1-4H3,(H,20,22)/t15-/m0/s1. The number of nitrogens with one attached hydrogen (secondary N) is 1. The summed E-state index contributed by atoms with van der Waals surface area (Å²) >= 11 is 0. The van der Waals surface area contributed by atoms with Crippen LogP contribution in [0.1, 0.15) is 35.3 Å². The first-order chi connectivity index (χ1) is 10.9. The van der Waals surface area contributed by atoms with Gasteiger partial charge < -0.3 is 10.1 Å². The largest absolute Gasteiger partial charge is 0.481 e. The molecule has 0 radical (unpaired) electrons. The second-order valence-corrected chi connectivity index (χ2v) is 5.63. The number of ketones is 1. The Kier molecular flexibility index (Phi) is 5.16. The second kappa shape index (κ2) is 7.09. The molecule has 0 heterocycles. The lowest BCUT2D eigenvalue weighted by Crippen LogP contribution is -2.30. The first-order valence-corrected chi connectivity index (χ1v) is 7.52. The third kappa shape index (κ3) is 4.42. The molecule has 2 aromatic rings. The lowest BCUT2D eigenvalue weighted by molar-refractivity contribution is -0.122. The molecule has 4 heteroatoms. The highest BCUT2D eigenvalue weighted by atomic mass is 16.5. The number of Topliss-reactive ketones (excluding diaryl/α,β-unsaturated/α-hetero) is 1. The summed E-state index contributed by atoms with van der Waals surface area (Å²) in [6, 6.07) is 12.5. The van der Waals surface area contributed by atoms with Crippen molar-refractivity contribution in [3.63, 3.8) is 0 Å². The fraction of sp³-hybridized carbons (Fsp3) is 0.263. The summed E-state index contributed by atoms with van der Waals surface area (Å²) in [6.45, 7) is 7.23. The lowest BCUT2D eigenvalue weighted by atomic mass is 10.1. The van der Waals surface area contributed by atoms with E-state index in [-0.39, 0.29) is 11.7 Å². The smallest absolute Gasteiger partial charge is 0.265 e. The summed E-state index contributed by atoms with van der Waals surface area (Å²) in [5.41, 5.74) is 3.67. The van der Waals surface area contributed by atoms with E-state index in [1.807, 2.05) is 32.0 Å². The predicted octanol–water partition coefficient (Wildman–Crippen LogP) is 3.91. The first kappa shape index (κ1) is 16.7. The maximum atomic E-state index is 12.2. The monoisotopic (exact) mass is 311 g/mol. The maximum absolute atomic E-state index is 12.2. The molecular formula is C19H21NO3. The highest BCUT2D eigenvalue weighted by molar-refractivity contribution is 5.95. The zero-order valence-corrected chi connectivity index (χ0v) is 13.8. The third-order valence-corrected chi connectivity index (χ3v) is 3.72. The number of benzene rings is 2. The van der Waals surface area contributed by atoms with Gasteiger partial charge in [0.15, 0.2) is 11.9 Å². The number of carbonyl (C=O) groups excluding carboxylic acids is 2. The molecule has 0 fully saturated rings. The summed E-state index contributed by atoms with van der Waals surface area (Å²) < 4.78 is 5.61. The molecule has 2 aromatic carbocycles. The van der Waals surface area contributed by atoms with Gasteiger partial charge in [-0.2, -0.15) is 0 Å². The molecule has 0 spiro atoms. The Morgan fingerprint density at radius 2 is 1.65 bits per heavy atom. The van der Waals surface area contributed by atoms with Gasteiger partial charge in [-0.3, -0.25) is 9.59 Å². The highest BCUT2D eigenvalue weighted by Gasteiger charge is 2.15. The summed E-state index contributed by atoms with van der Waals surface area (Å²) in [6.07, 6.45) is -0.639. The fourth-order valence-electron chi connectivity index (χ4n) is 2.09. The highest BCUT2D eigenvalue weighted by Crippen LogP contribution is 2.17. The lowest BCUT2D eigenvalue weighted by Gasteiger charge is -2.15. The molecule has 0 aromatic heterocycles. The third-order valence-electron chi connectivity index (χ3n) is 3.72. The normalized spacial score (nSPS) is 11.7.